The van der Waals surface area contributed by atoms with Gasteiger partial charge in [-0.2, -0.15) is 0 Å². The first-order valence-electron chi connectivity index (χ1n) is 12.0. The number of amides is 1. The summed E-state index contributed by atoms with van der Waals surface area (Å²) < 4.78 is 0. The van der Waals surface area contributed by atoms with Crippen molar-refractivity contribution in [1.82, 2.24) is 9.80 Å². The van der Waals surface area contributed by atoms with Gasteiger partial charge in [0.1, 0.15) is 0 Å². The number of piperidine rings is 1. The molecule has 2 fully saturated rings. The molecule has 0 bridgehead atoms. The molecular formula is C27H37N3O. The fourth-order valence-electron chi connectivity index (χ4n) is 5.35. The van der Waals surface area contributed by atoms with Crippen molar-refractivity contribution < 1.29 is 4.79 Å². The minimum Gasteiger partial charge on any atom is -0.385 e. The van der Waals surface area contributed by atoms with Gasteiger partial charge in [0.25, 0.3) is 5.91 Å². The molecule has 0 saturated carbocycles. The molecule has 0 aromatic heterocycles. The summed E-state index contributed by atoms with van der Waals surface area (Å²) in [4.78, 5) is 17.9. The summed E-state index contributed by atoms with van der Waals surface area (Å²) in [6.07, 6.45) is 4.51. The number of hydrogen-bond acceptors (Lipinski definition) is 3. The number of likely N-dealkylation sites (tertiary alicyclic amines) is 2. The lowest BCUT2D eigenvalue weighted by molar-refractivity contribution is 0.0643. The van der Waals surface area contributed by atoms with E-state index in [4.69, 9.17) is 0 Å². The first-order valence-corrected chi connectivity index (χ1v) is 12.0. The number of benzene rings is 2. The van der Waals surface area contributed by atoms with Crippen molar-refractivity contribution in [3.05, 3.63) is 64.7 Å². The SMILES string of the molecule is CCCNc1c(C)cc(C(=O)N2CCC(N3CC[C@H](c4ccccc4)C3)CC2)cc1C. The van der Waals surface area contributed by atoms with Crippen molar-refractivity contribution in [3.63, 3.8) is 0 Å². The third-order valence-corrected chi connectivity index (χ3v) is 7.09. The van der Waals surface area contributed by atoms with E-state index in [1.807, 2.05) is 0 Å². The molecule has 2 aromatic carbocycles. The highest BCUT2D eigenvalue weighted by Gasteiger charge is 2.32. The largest absolute Gasteiger partial charge is 0.385 e. The Hall–Kier alpha value is -2.33. The minimum atomic E-state index is 0.190. The molecule has 4 rings (SSSR count). The fourth-order valence-corrected chi connectivity index (χ4v) is 5.35. The normalized spacial score (nSPS) is 20.2. The summed E-state index contributed by atoms with van der Waals surface area (Å²) in [5.74, 6) is 0.849. The van der Waals surface area contributed by atoms with Crippen molar-refractivity contribution >= 4 is 11.6 Å². The second-order valence-electron chi connectivity index (χ2n) is 9.33. The summed E-state index contributed by atoms with van der Waals surface area (Å²) >= 11 is 0. The maximum absolute atomic E-state index is 13.2. The van der Waals surface area contributed by atoms with Gasteiger partial charge in [-0.25, -0.2) is 0 Å². The maximum Gasteiger partial charge on any atom is 0.253 e. The summed E-state index contributed by atoms with van der Waals surface area (Å²) in [6, 6.07) is 15.7. The van der Waals surface area contributed by atoms with Gasteiger partial charge in [0.2, 0.25) is 0 Å². The van der Waals surface area contributed by atoms with E-state index in [1.54, 1.807) is 0 Å². The monoisotopic (exact) mass is 419 g/mol. The van der Waals surface area contributed by atoms with Crippen LogP contribution in [0.25, 0.3) is 0 Å². The van der Waals surface area contributed by atoms with Gasteiger partial charge in [0, 0.05) is 43.5 Å². The highest BCUT2D eigenvalue weighted by molar-refractivity contribution is 5.95. The Morgan fingerprint density at radius 1 is 1.00 bits per heavy atom. The van der Waals surface area contributed by atoms with Crippen LogP contribution in [0.5, 0.6) is 0 Å². The Bertz CT molecular complexity index is 864. The van der Waals surface area contributed by atoms with Crippen LogP contribution in [0.3, 0.4) is 0 Å². The van der Waals surface area contributed by atoms with Crippen molar-refractivity contribution in [2.45, 2.75) is 58.4 Å². The van der Waals surface area contributed by atoms with Crippen molar-refractivity contribution in [3.8, 4) is 0 Å². The molecule has 1 amide bonds. The number of aryl methyl sites for hydroxylation is 2. The van der Waals surface area contributed by atoms with Crippen LogP contribution in [0.4, 0.5) is 5.69 Å². The summed E-state index contributed by atoms with van der Waals surface area (Å²) in [5.41, 5.74) is 5.81. The number of anilines is 1. The number of rotatable bonds is 6. The fraction of sp³-hybridized carbons (Fsp3) is 0.519. The molecule has 0 spiro atoms. The predicted molar refractivity (Wildman–Crippen MR) is 129 cm³/mol. The zero-order valence-electron chi connectivity index (χ0n) is 19.4. The van der Waals surface area contributed by atoms with E-state index in [-0.39, 0.29) is 5.91 Å². The van der Waals surface area contributed by atoms with Crippen molar-refractivity contribution in [2.24, 2.45) is 0 Å². The number of nitrogens with one attached hydrogen (secondary N) is 1. The molecule has 2 aromatic rings. The third-order valence-electron chi connectivity index (χ3n) is 7.09. The van der Waals surface area contributed by atoms with Crippen LogP contribution >= 0.6 is 0 Å². The first kappa shape index (κ1) is 21.9. The molecule has 4 heteroatoms. The van der Waals surface area contributed by atoms with Crippen LogP contribution in [-0.4, -0.2) is 54.5 Å². The van der Waals surface area contributed by atoms with Crippen LogP contribution < -0.4 is 5.32 Å². The van der Waals surface area contributed by atoms with Crippen LogP contribution in [0.2, 0.25) is 0 Å². The Morgan fingerprint density at radius 3 is 2.32 bits per heavy atom. The summed E-state index contributed by atoms with van der Waals surface area (Å²) in [6.45, 7) is 11.4. The molecule has 31 heavy (non-hydrogen) atoms. The van der Waals surface area contributed by atoms with Crippen LogP contribution in [0.15, 0.2) is 42.5 Å². The molecule has 0 unspecified atom stereocenters. The average molecular weight is 420 g/mol. The van der Waals surface area contributed by atoms with E-state index in [9.17, 15) is 4.79 Å². The first-order chi connectivity index (χ1) is 15.1. The zero-order chi connectivity index (χ0) is 21.8. The van der Waals surface area contributed by atoms with E-state index in [1.165, 1.54) is 24.2 Å². The lowest BCUT2D eigenvalue weighted by Crippen LogP contribution is -2.46. The van der Waals surface area contributed by atoms with Crippen LogP contribution in [0.1, 0.15) is 65.6 Å². The molecule has 1 N–H and O–H groups in total. The molecule has 4 nitrogen and oxygen atoms in total. The molecule has 2 heterocycles. The average Bonchev–Trinajstić information content (AvgIpc) is 3.29. The van der Waals surface area contributed by atoms with Crippen molar-refractivity contribution in [1.29, 1.82) is 0 Å². The number of carbonyl (C=O) groups is 1. The van der Waals surface area contributed by atoms with Gasteiger partial charge in [-0.05, 0) is 80.8 Å². The Kier molecular flexibility index (Phi) is 6.96. The number of hydrogen-bond donors (Lipinski definition) is 1. The lowest BCUT2D eigenvalue weighted by Gasteiger charge is -2.37. The minimum absolute atomic E-state index is 0.190. The summed E-state index contributed by atoms with van der Waals surface area (Å²) in [5, 5.41) is 3.50. The Morgan fingerprint density at radius 2 is 1.68 bits per heavy atom. The number of nitrogens with zero attached hydrogens (tertiary/aromatic N) is 2. The second-order valence-corrected chi connectivity index (χ2v) is 9.33. The van der Waals surface area contributed by atoms with Crippen LogP contribution in [0, 0.1) is 13.8 Å². The van der Waals surface area contributed by atoms with Crippen molar-refractivity contribution in [2.75, 3.05) is 38.0 Å². The van der Waals surface area contributed by atoms with E-state index >= 15 is 0 Å². The predicted octanol–water partition coefficient (Wildman–Crippen LogP) is 5.22. The molecule has 0 radical (unpaired) electrons. The molecule has 0 aliphatic carbocycles. The number of carbonyl (C=O) groups excluding carboxylic acids is 1. The van der Waals surface area contributed by atoms with E-state index in [2.05, 4.69) is 78.4 Å². The molecular weight excluding hydrogens is 382 g/mol. The zero-order valence-corrected chi connectivity index (χ0v) is 19.4. The topological polar surface area (TPSA) is 35.6 Å². The molecule has 1 atom stereocenters. The van der Waals surface area contributed by atoms with Gasteiger partial charge in [0.05, 0.1) is 0 Å². The highest BCUT2D eigenvalue weighted by Crippen LogP contribution is 2.31. The third kappa shape index (κ3) is 4.95. The van der Waals surface area contributed by atoms with Gasteiger partial charge in [0.15, 0.2) is 0 Å². The van der Waals surface area contributed by atoms with E-state index < -0.39 is 0 Å². The van der Waals surface area contributed by atoms with E-state index in [0.29, 0.717) is 12.0 Å². The smallest absolute Gasteiger partial charge is 0.253 e. The van der Waals surface area contributed by atoms with Gasteiger partial charge >= 0.3 is 0 Å². The standard InChI is InChI=1S/C27H37N3O/c1-4-13-28-26-20(2)17-24(18-21(26)3)27(31)29-15-11-25(12-16-29)30-14-10-23(19-30)22-8-6-5-7-9-22/h5-9,17-18,23,25,28H,4,10-16,19H2,1-3H3/t23-/m0/s1. The Balaban J connectivity index is 1.33. The second kappa shape index (κ2) is 9.86. The summed E-state index contributed by atoms with van der Waals surface area (Å²) in [7, 11) is 0. The Labute approximate surface area is 187 Å². The van der Waals surface area contributed by atoms with E-state index in [0.717, 1.165) is 62.1 Å². The molecule has 2 saturated heterocycles. The van der Waals surface area contributed by atoms with Gasteiger partial charge < -0.3 is 10.2 Å². The quantitative estimate of drug-likeness (QED) is 0.697. The maximum atomic E-state index is 13.2. The lowest BCUT2D eigenvalue weighted by atomic mass is 9.98. The molecule has 166 valence electrons. The van der Waals surface area contributed by atoms with Gasteiger partial charge in [-0.3, -0.25) is 9.69 Å². The highest BCUT2D eigenvalue weighted by atomic mass is 16.2. The van der Waals surface area contributed by atoms with Gasteiger partial charge in [-0.1, -0.05) is 37.3 Å². The molecule has 2 aliphatic rings. The van der Waals surface area contributed by atoms with Crippen LogP contribution in [-0.2, 0) is 0 Å². The molecule has 2 aliphatic heterocycles. The van der Waals surface area contributed by atoms with Gasteiger partial charge in [-0.15, -0.1) is 0 Å².